The van der Waals surface area contributed by atoms with Crippen LogP contribution in [0, 0.1) is 0 Å². The lowest BCUT2D eigenvalue weighted by Gasteiger charge is -2.38. The van der Waals surface area contributed by atoms with Crippen LogP contribution in [0.5, 0.6) is 0 Å². The molecule has 15 aromatic carbocycles. The highest BCUT2D eigenvalue weighted by Gasteiger charge is 2.40. The van der Waals surface area contributed by atoms with Gasteiger partial charge in [-0.3, -0.25) is 0 Å². The Labute approximate surface area is 569 Å². The first kappa shape index (κ1) is 58.0. The van der Waals surface area contributed by atoms with Crippen LogP contribution in [0.2, 0.25) is 0 Å². The molecule has 0 saturated heterocycles. The van der Waals surface area contributed by atoms with E-state index in [1.165, 1.54) is 133 Å². The second kappa shape index (κ2) is 22.3. The summed E-state index contributed by atoms with van der Waals surface area (Å²) < 4.78 is 0. The molecule has 0 aromatic heterocycles. The molecule has 0 radical (unpaired) electrons. The topological polar surface area (TPSA) is 6.48 Å². The number of fused-ring (bicyclic) bond motifs is 10. The summed E-state index contributed by atoms with van der Waals surface area (Å²) in [4.78, 5) is 5.07. The molecule has 3 aliphatic carbocycles. The van der Waals surface area contributed by atoms with Crippen molar-refractivity contribution in [2.75, 3.05) is 9.80 Å². The molecular weight excluding hydrogens is 1170 g/mol. The fraction of sp³-hybridized carbons (Fsp3) is 0.0947. The third-order valence-corrected chi connectivity index (χ3v) is 21.8. The molecule has 0 heterocycles. The molecule has 97 heavy (non-hydrogen) atoms. The zero-order valence-electron chi connectivity index (χ0n) is 55.6. The number of benzene rings is 15. The van der Waals surface area contributed by atoms with E-state index in [1.807, 2.05) is 0 Å². The summed E-state index contributed by atoms with van der Waals surface area (Å²) >= 11 is 0. The molecule has 0 spiro atoms. The molecule has 0 N–H and O–H groups in total. The summed E-state index contributed by atoms with van der Waals surface area (Å²) in [6, 6.07) is 123. The average molecular weight is 1240 g/mol. The normalized spacial score (nSPS) is 13.9. The van der Waals surface area contributed by atoms with Gasteiger partial charge in [0.05, 0.1) is 0 Å². The molecule has 3 aliphatic rings. The Morgan fingerprint density at radius 2 is 0.515 bits per heavy atom. The molecule has 0 fully saturated rings. The fourth-order valence-corrected chi connectivity index (χ4v) is 16.9. The first-order valence-corrected chi connectivity index (χ1v) is 34.2. The predicted octanol–water partition coefficient (Wildman–Crippen LogP) is 26.2. The minimum absolute atomic E-state index is 0.198. The van der Waals surface area contributed by atoms with Crippen molar-refractivity contribution < 1.29 is 0 Å². The van der Waals surface area contributed by atoms with Gasteiger partial charge in [-0.2, -0.15) is 0 Å². The van der Waals surface area contributed by atoms with E-state index >= 15 is 0 Å². The third kappa shape index (κ3) is 9.29. The molecule has 15 aromatic rings. The van der Waals surface area contributed by atoms with E-state index in [0.29, 0.717) is 0 Å². The zero-order valence-corrected chi connectivity index (χ0v) is 55.6. The molecule has 18 rings (SSSR count). The van der Waals surface area contributed by atoms with Crippen molar-refractivity contribution in [3.8, 4) is 89.0 Å². The largest absolute Gasteiger partial charge is 0.310 e. The van der Waals surface area contributed by atoms with Crippen molar-refractivity contribution in [1.82, 2.24) is 0 Å². The van der Waals surface area contributed by atoms with Crippen molar-refractivity contribution in [2.45, 2.75) is 57.8 Å². The number of nitrogens with zero attached hydrogens (tertiary/aromatic N) is 2. The second-order valence-electron chi connectivity index (χ2n) is 28.4. The van der Waals surface area contributed by atoms with Crippen LogP contribution in [0.25, 0.3) is 111 Å². The first-order valence-electron chi connectivity index (χ1n) is 34.2. The lowest BCUT2D eigenvalue weighted by atomic mass is 9.66. The third-order valence-electron chi connectivity index (χ3n) is 21.8. The van der Waals surface area contributed by atoms with Gasteiger partial charge in [0.2, 0.25) is 0 Å². The highest BCUT2D eigenvalue weighted by Crippen LogP contribution is 2.58. The van der Waals surface area contributed by atoms with Crippen LogP contribution < -0.4 is 9.80 Å². The van der Waals surface area contributed by atoms with Crippen LogP contribution >= 0.6 is 0 Å². The summed E-state index contributed by atoms with van der Waals surface area (Å²) in [6.45, 7) is 14.5. The molecule has 0 atom stereocenters. The summed E-state index contributed by atoms with van der Waals surface area (Å²) in [6.07, 6.45) is 0. The van der Waals surface area contributed by atoms with Crippen molar-refractivity contribution in [2.24, 2.45) is 0 Å². The van der Waals surface area contributed by atoms with E-state index in [9.17, 15) is 0 Å². The minimum Gasteiger partial charge on any atom is -0.310 e. The van der Waals surface area contributed by atoms with E-state index in [-0.39, 0.29) is 10.8 Å². The van der Waals surface area contributed by atoms with Crippen LogP contribution in [0.15, 0.2) is 328 Å². The van der Waals surface area contributed by atoms with Gasteiger partial charge in [-0.25, -0.2) is 0 Å². The Kier molecular flexibility index (Phi) is 13.3. The molecule has 0 saturated carbocycles. The zero-order chi connectivity index (χ0) is 65.3. The van der Waals surface area contributed by atoms with Crippen LogP contribution in [0.1, 0.15) is 74.9 Å². The van der Waals surface area contributed by atoms with E-state index in [0.717, 1.165) is 45.3 Å². The van der Waals surface area contributed by atoms with Crippen LogP contribution in [0.4, 0.5) is 34.1 Å². The maximum Gasteiger partial charge on any atom is 0.0473 e. The molecule has 0 unspecified atom stereocenters. The van der Waals surface area contributed by atoms with Gasteiger partial charge in [0.15, 0.2) is 0 Å². The molecule has 2 heteroatoms. The Balaban J connectivity index is 0.868. The maximum absolute atomic E-state index is 2.54. The number of hydrogen-bond donors (Lipinski definition) is 0. The fourth-order valence-electron chi connectivity index (χ4n) is 16.9. The van der Waals surface area contributed by atoms with E-state index in [1.54, 1.807) is 0 Å². The number of rotatable bonds is 11. The Morgan fingerprint density at radius 3 is 0.948 bits per heavy atom. The van der Waals surface area contributed by atoms with Gasteiger partial charge in [0.25, 0.3) is 0 Å². The standard InChI is InChI=1S/C95H72N2/c1-93(2)84-40-24-22-37-76(84)78-47-43-71(58-87(78)93)96(74-53-66(61-27-12-7-13-28-61)51-67(54-74)62-29-14-8-15-30-62)70-45-49-81-83(57-70)80-39-26-42-86-91(80)92(90(81)65-35-20-11-21-36-65)82-50-46-73(60-89(82)95(86,5)6)97(72-44-48-79-77-38-23-25-41-85(77)94(3,4)88(79)59-72)75-55-68(63-31-16-9-17-32-63)52-69(56-75)64-33-18-10-19-34-64/h7-60H,1-6H3. The van der Waals surface area contributed by atoms with Crippen molar-refractivity contribution in [3.05, 3.63) is 361 Å². The van der Waals surface area contributed by atoms with E-state index in [2.05, 4.69) is 379 Å². The van der Waals surface area contributed by atoms with Crippen molar-refractivity contribution in [3.63, 3.8) is 0 Å². The molecule has 2 nitrogen and oxygen atoms in total. The van der Waals surface area contributed by atoms with Gasteiger partial charge in [-0.1, -0.05) is 284 Å². The van der Waals surface area contributed by atoms with Crippen LogP contribution in [0.3, 0.4) is 0 Å². The minimum atomic E-state index is -0.433. The Hall–Kier alpha value is -11.6. The summed E-state index contributed by atoms with van der Waals surface area (Å²) in [5, 5.41) is 4.98. The average Bonchev–Trinajstić information content (AvgIpc) is 1.49. The van der Waals surface area contributed by atoms with Gasteiger partial charge in [-0.05, 0) is 229 Å². The molecule has 0 aliphatic heterocycles. The van der Waals surface area contributed by atoms with Crippen molar-refractivity contribution in [1.29, 1.82) is 0 Å². The quantitative estimate of drug-likeness (QED) is 0.119. The van der Waals surface area contributed by atoms with Gasteiger partial charge in [-0.15, -0.1) is 0 Å². The lowest BCUT2D eigenvalue weighted by Crippen LogP contribution is -2.25. The van der Waals surface area contributed by atoms with E-state index < -0.39 is 5.41 Å². The first-order chi connectivity index (χ1) is 47.4. The Morgan fingerprint density at radius 1 is 0.186 bits per heavy atom. The highest BCUT2D eigenvalue weighted by atomic mass is 15.1. The van der Waals surface area contributed by atoms with Gasteiger partial charge in [0.1, 0.15) is 0 Å². The smallest absolute Gasteiger partial charge is 0.0473 e. The molecule has 0 amide bonds. The molecule has 462 valence electrons. The predicted molar refractivity (Wildman–Crippen MR) is 411 cm³/mol. The van der Waals surface area contributed by atoms with Crippen molar-refractivity contribution >= 4 is 55.7 Å². The van der Waals surface area contributed by atoms with E-state index in [4.69, 9.17) is 0 Å². The molecule has 0 bridgehead atoms. The second-order valence-corrected chi connectivity index (χ2v) is 28.4. The lowest BCUT2D eigenvalue weighted by molar-refractivity contribution is 0.645. The Bertz CT molecular complexity index is 5530. The SMILES string of the molecule is CC1(C)c2ccccc2-c2ccc(N(c3cc(-c4ccccc4)cc(-c4ccccc4)c3)c3ccc4c(c3)C(C)(C)c3cccc5c3c-4c(-c3ccccc3)c3ccc(N(c4cc(-c6ccccc6)cc(-c6ccccc6)c4)c4ccc6c(c4)C(C)(C)c4ccccc4-6)cc35)cc21. The molecular formula is C95H72N2. The monoisotopic (exact) mass is 1240 g/mol. The number of anilines is 6. The summed E-state index contributed by atoms with van der Waals surface area (Å²) in [5.41, 5.74) is 33.4. The summed E-state index contributed by atoms with van der Waals surface area (Å²) in [5.74, 6) is 0. The van der Waals surface area contributed by atoms with Crippen LogP contribution in [-0.4, -0.2) is 0 Å². The van der Waals surface area contributed by atoms with Gasteiger partial charge in [0, 0.05) is 50.4 Å². The van der Waals surface area contributed by atoms with Gasteiger partial charge < -0.3 is 9.80 Å². The highest BCUT2D eigenvalue weighted by molar-refractivity contribution is 6.24. The number of hydrogen-bond acceptors (Lipinski definition) is 2. The van der Waals surface area contributed by atoms with Crippen LogP contribution in [-0.2, 0) is 16.2 Å². The van der Waals surface area contributed by atoms with Gasteiger partial charge >= 0.3 is 0 Å². The summed E-state index contributed by atoms with van der Waals surface area (Å²) in [7, 11) is 0. The maximum atomic E-state index is 2.54.